The number of ether oxygens (including phenoxy) is 1. The van der Waals surface area contributed by atoms with Crippen LogP contribution in [0.4, 0.5) is 13.2 Å². The number of hydrogen-bond acceptors (Lipinski definition) is 3. The molecule has 1 aromatic rings. The van der Waals surface area contributed by atoms with Crippen LogP contribution >= 0.6 is 0 Å². The fourth-order valence-corrected chi connectivity index (χ4v) is 2.76. The Labute approximate surface area is 133 Å². The van der Waals surface area contributed by atoms with Crippen molar-refractivity contribution in [3.05, 3.63) is 29.8 Å². The van der Waals surface area contributed by atoms with Gasteiger partial charge < -0.3 is 15.4 Å². The van der Waals surface area contributed by atoms with Crippen LogP contribution in [0.3, 0.4) is 0 Å². The lowest BCUT2D eigenvalue weighted by molar-refractivity contribution is -0.274. The molecule has 1 aliphatic heterocycles. The number of benzene rings is 1. The second kappa shape index (κ2) is 7.21. The van der Waals surface area contributed by atoms with Gasteiger partial charge in [0.1, 0.15) is 5.75 Å². The first-order valence-corrected chi connectivity index (χ1v) is 7.62. The van der Waals surface area contributed by atoms with Gasteiger partial charge in [-0.3, -0.25) is 4.79 Å². The van der Waals surface area contributed by atoms with E-state index in [0.717, 1.165) is 12.8 Å². The molecule has 1 heterocycles. The van der Waals surface area contributed by atoms with Crippen molar-refractivity contribution in [1.82, 2.24) is 4.90 Å². The number of amides is 1. The molecule has 0 radical (unpaired) electrons. The Balaban J connectivity index is 1.92. The molecule has 2 unspecified atom stereocenters. The molecule has 2 rings (SSSR count). The van der Waals surface area contributed by atoms with Crippen LogP contribution in [0, 0.1) is 5.92 Å². The zero-order chi connectivity index (χ0) is 17.0. The predicted octanol–water partition coefficient (Wildman–Crippen LogP) is 2.71. The maximum Gasteiger partial charge on any atom is 0.573 e. The number of alkyl halides is 3. The molecule has 1 amide bonds. The molecule has 0 aliphatic carbocycles. The third-order valence-electron chi connectivity index (χ3n) is 4.07. The van der Waals surface area contributed by atoms with Crippen LogP contribution in [0.25, 0.3) is 0 Å². The van der Waals surface area contributed by atoms with Gasteiger partial charge in [0.15, 0.2) is 0 Å². The number of piperidine rings is 1. The number of hydrogen-bond donors (Lipinski definition) is 1. The van der Waals surface area contributed by atoms with Crippen LogP contribution in [0.5, 0.6) is 5.75 Å². The highest BCUT2D eigenvalue weighted by molar-refractivity contribution is 5.78. The fraction of sp³-hybridized carbons (Fsp3) is 0.562. The Bertz CT molecular complexity index is 529. The van der Waals surface area contributed by atoms with E-state index in [1.54, 1.807) is 4.90 Å². The summed E-state index contributed by atoms with van der Waals surface area (Å²) in [5.74, 6) is -0.0150. The van der Waals surface area contributed by atoms with Gasteiger partial charge in [-0.15, -0.1) is 13.2 Å². The molecular formula is C16H21F3N2O2. The van der Waals surface area contributed by atoms with Crippen molar-refractivity contribution in [2.75, 3.05) is 13.1 Å². The third kappa shape index (κ3) is 5.42. The minimum Gasteiger partial charge on any atom is -0.406 e. The number of carbonyl (C=O) groups excluding carboxylic acids is 1. The highest BCUT2D eigenvalue weighted by Gasteiger charge is 2.31. The van der Waals surface area contributed by atoms with Gasteiger partial charge in [0.2, 0.25) is 5.91 Å². The van der Waals surface area contributed by atoms with Crippen molar-refractivity contribution in [2.24, 2.45) is 11.7 Å². The Hall–Kier alpha value is -1.76. The monoisotopic (exact) mass is 330 g/mol. The van der Waals surface area contributed by atoms with Crippen LogP contribution < -0.4 is 10.5 Å². The van der Waals surface area contributed by atoms with Gasteiger partial charge in [0.25, 0.3) is 0 Å². The number of halogens is 3. The second-order valence-electron chi connectivity index (χ2n) is 5.97. The van der Waals surface area contributed by atoms with Crippen molar-refractivity contribution in [2.45, 2.75) is 38.6 Å². The highest BCUT2D eigenvalue weighted by atomic mass is 19.4. The summed E-state index contributed by atoms with van der Waals surface area (Å²) >= 11 is 0. The van der Waals surface area contributed by atoms with E-state index in [0.29, 0.717) is 24.6 Å². The number of rotatable bonds is 4. The third-order valence-corrected chi connectivity index (χ3v) is 4.07. The van der Waals surface area contributed by atoms with Gasteiger partial charge in [-0.05, 0) is 43.4 Å². The number of nitrogens with two attached hydrogens (primary N) is 1. The van der Waals surface area contributed by atoms with E-state index in [9.17, 15) is 18.0 Å². The molecule has 1 saturated heterocycles. The van der Waals surface area contributed by atoms with Crippen LogP contribution in [-0.2, 0) is 11.2 Å². The Morgan fingerprint density at radius 2 is 2.04 bits per heavy atom. The topological polar surface area (TPSA) is 55.6 Å². The zero-order valence-electron chi connectivity index (χ0n) is 13.0. The molecule has 0 spiro atoms. The Kier molecular flexibility index (Phi) is 5.51. The summed E-state index contributed by atoms with van der Waals surface area (Å²) < 4.78 is 40.1. The molecular weight excluding hydrogens is 309 g/mol. The molecule has 1 aromatic carbocycles. The smallest absolute Gasteiger partial charge is 0.406 e. The summed E-state index contributed by atoms with van der Waals surface area (Å²) in [5.41, 5.74) is 6.57. The molecule has 0 bridgehead atoms. The van der Waals surface area contributed by atoms with Crippen molar-refractivity contribution in [1.29, 1.82) is 0 Å². The lowest BCUT2D eigenvalue weighted by Gasteiger charge is -2.34. The second-order valence-corrected chi connectivity index (χ2v) is 5.97. The first-order valence-electron chi connectivity index (χ1n) is 7.62. The highest BCUT2D eigenvalue weighted by Crippen LogP contribution is 2.23. The quantitative estimate of drug-likeness (QED) is 0.923. The summed E-state index contributed by atoms with van der Waals surface area (Å²) in [6.07, 6.45) is -2.60. The molecule has 1 fully saturated rings. The molecule has 2 atom stereocenters. The van der Waals surface area contributed by atoms with Crippen molar-refractivity contribution in [3.63, 3.8) is 0 Å². The van der Waals surface area contributed by atoms with Gasteiger partial charge in [-0.1, -0.05) is 12.1 Å². The first-order chi connectivity index (χ1) is 10.7. The van der Waals surface area contributed by atoms with Gasteiger partial charge in [0, 0.05) is 19.1 Å². The Morgan fingerprint density at radius 1 is 1.39 bits per heavy atom. The summed E-state index contributed by atoms with van der Waals surface area (Å²) in [6.45, 7) is 3.29. The maximum atomic E-state index is 12.3. The molecule has 0 saturated carbocycles. The fourth-order valence-electron chi connectivity index (χ4n) is 2.76. The van der Waals surface area contributed by atoms with Crippen molar-refractivity contribution in [3.8, 4) is 5.75 Å². The lowest BCUT2D eigenvalue weighted by atomic mass is 9.92. The molecule has 1 aliphatic rings. The summed E-state index contributed by atoms with van der Waals surface area (Å²) in [4.78, 5) is 14.1. The van der Waals surface area contributed by atoms with E-state index < -0.39 is 6.36 Å². The summed E-state index contributed by atoms with van der Waals surface area (Å²) in [7, 11) is 0. The van der Waals surface area contributed by atoms with Gasteiger partial charge in [0.05, 0.1) is 6.42 Å². The zero-order valence-corrected chi connectivity index (χ0v) is 13.0. The van der Waals surface area contributed by atoms with Crippen LogP contribution in [-0.4, -0.2) is 36.3 Å². The summed E-state index contributed by atoms with van der Waals surface area (Å²) in [5, 5.41) is 0. The van der Waals surface area contributed by atoms with Gasteiger partial charge in [-0.2, -0.15) is 0 Å². The standard InChI is InChI=1S/C16H21F3N2O2/c1-11(20)13-3-2-8-21(10-13)15(22)9-12-4-6-14(7-5-12)23-16(17,18)19/h4-7,11,13H,2-3,8-10,20H2,1H3. The predicted molar refractivity (Wildman–Crippen MR) is 79.8 cm³/mol. The molecule has 4 nitrogen and oxygen atoms in total. The first kappa shape index (κ1) is 17.6. The summed E-state index contributed by atoms with van der Waals surface area (Å²) in [6, 6.07) is 5.44. The van der Waals surface area contributed by atoms with Crippen LogP contribution in [0.1, 0.15) is 25.3 Å². The SMILES string of the molecule is CC(N)C1CCCN(C(=O)Cc2ccc(OC(F)(F)F)cc2)C1. The minimum absolute atomic E-state index is 0.0279. The van der Waals surface area contributed by atoms with Crippen LogP contribution in [0.15, 0.2) is 24.3 Å². The van der Waals surface area contributed by atoms with Crippen molar-refractivity contribution >= 4 is 5.91 Å². The van der Waals surface area contributed by atoms with Gasteiger partial charge >= 0.3 is 6.36 Å². The van der Waals surface area contributed by atoms with E-state index in [4.69, 9.17) is 5.73 Å². The average Bonchev–Trinajstić information content (AvgIpc) is 2.48. The molecule has 0 aromatic heterocycles. The molecule has 7 heteroatoms. The normalized spacial score (nSPS) is 20.2. The average molecular weight is 330 g/mol. The molecule has 23 heavy (non-hydrogen) atoms. The van der Waals surface area contributed by atoms with Crippen molar-refractivity contribution < 1.29 is 22.7 Å². The van der Waals surface area contributed by atoms with E-state index in [1.807, 2.05) is 6.92 Å². The minimum atomic E-state index is -4.71. The Morgan fingerprint density at radius 3 is 2.61 bits per heavy atom. The van der Waals surface area contributed by atoms with E-state index >= 15 is 0 Å². The van der Waals surface area contributed by atoms with E-state index in [2.05, 4.69) is 4.74 Å². The number of nitrogens with zero attached hydrogens (tertiary/aromatic N) is 1. The van der Waals surface area contributed by atoms with E-state index in [1.165, 1.54) is 24.3 Å². The number of likely N-dealkylation sites (tertiary alicyclic amines) is 1. The lowest BCUT2D eigenvalue weighted by Crippen LogP contribution is -2.45. The van der Waals surface area contributed by atoms with Gasteiger partial charge in [-0.25, -0.2) is 0 Å². The molecule has 2 N–H and O–H groups in total. The largest absolute Gasteiger partial charge is 0.573 e. The van der Waals surface area contributed by atoms with E-state index in [-0.39, 0.29) is 24.1 Å². The maximum absolute atomic E-state index is 12.3. The number of carbonyl (C=O) groups is 1. The van der Waals surface area contributed by atoms with Crippen LogP contribution in [0.2, 0.25) is 0 Å². The molecule has 128 valence electrons.